The Bertz CT molecular complexity index is 948. The van der Waals surface area contributed by atoms with E-state index in [1.54, 1.807) is 37.4 Å². The molecule has 0 unspecified atom stereocenters. The van der Waals surface area contributed by atoms with Crippen molar-refractivity contribution in [3.8, 4) is 17.6 Å². The molecular weight excluding hydrogens is 390 g/mol. The van der Waals surface area contributed by atoms with Gasteiger partial charge in [0.2, 0.25) is 0 Å². The highest BCUT2D eigenvalue weighted by atomic mass is 35.5. The largest absolute Gasteiger partial charge is 0.497 e. The van der Waals surface area contributed by atoms with E-state index in [-0.39, 0.29) is 39.6 Å². The Kier molecular flexibility index (Phi) is 5.46. The van der Waals surface area contributed by atoms with Crippen LogP contribution in [0.3, 0.4) is 0 Å². The van der Waals surface area contributed by atoms with E-state index in [4.69, 9.17) is 26.3 Å². The summed E-state index contributed by atoms with van der Waals surface area (Å²) in [5.41, 5.74) is 0.0819. The number of benzene rings is 1. The van der Waals surface area contributed by atoms with Crippen molar-refractivity contribution in [1.82, 2.24) is 10.3 Å². The summed E-state index contributed by atoms with van der Waals surface area (Å²) in [4.78, 5) is 16.8. The minimum absolute atomic E-state index is 0.101. The molecule has 0 saturated heterocycles. The summed E-state index contributed by atoms with van der Waals surface area (Å²) < 4.78 is 11.3. The Morgan fingerprint density at radius 2 is 1.79 bits per heavy atom. The topological polar surface area (TPSA) is 84.2 Å². The Balaban J connectivity index is 1.74. The van der Waals surface area contributed by atoms with Crippen LogP contribution in [0.15, 0.2) is 36.5 Å². The van der Waals surface area contributed by atoms with E-state index >= 15 is 0 Å². The van der Waals surface area contributed by atoms with Gasteiger partial charge in [-0.1, -0.05) is 39.3 Å². The van der Waals surface area contributed by atoms with Crippen LogP contribution in [0.5, 0.6) is 11.5 Å². The first-order valence-corrected chi connectivity index (χ1v) is 9.66. The van der Waals surface area contributed by atoms with Crippen LogP contribution in [0.1, 0.15) is 43.7 Å². The van der Waals surface area contributed by atoms with Crippen LogP contribution in [0.4, 0.5) is 0 Å². The summed E-state index contributed by atoms with van der Waals surface area (Å²) in [5, 5.41) is 12.4. The maximum Gasteiger partial charge on any atom is 0.251 e. The highest BCUT2D eigenvalue weighted by Gasteiger charge is 2.64. The molecule has 29 heavy (non-hydrogen) atoms. The number of nitrogens with zero attached hydrogens (tertiary/aromatic N) is 2. The number of hydrogen-bond donors (Lipinski definition) is 1. The van der Waals surface area contributed by atoms with Crippen molar-refractivity contribution < 1.29 is 14.3 Å². The monoisotopic (exact) mass is 413 g/mol. The Hall–Kier alpha value is -2.78. The van der Waals surface area contributed by atoms with Crippen molar-refractivity contribution in [3.05, 3.63) is 52.8 Å². The van der Waals surface area contributed by atoms with Crippen LogP contribution in [-0.2, 0) is 0 Å². The zero-order valence-corrected chi connectivity index (χ0v) is 17.9. The molecule has 1 N–H and O–H groups in total. The minimum atomic E-state index is -0.327. The fourth-order valence-corrected chi connectivity index (χ4v) is 4.66. The molecule has 0 atom stereocenters. The molecule has 152 valence electrons. The number of halogens is 1. The molecule has 1 amide bonds. The lowest BCUT2D eigenvalue weighted by Crippen LogP contribution is -2.74. The lowest BCUT2D eigenvalue weighted by atomic mass is 9.49. The van der Waals surface area contributed by atoms with Crippen LogP contribution in [0.25, 0.3) is 0 Å². The number of methoxy groups -OCH3 is 1. The molecule has 0 bridgehead atoms. The Labute approximate surface area is 175 Å². The van der Waals surface area contributed by atoms with Gasteiger partial charge in [-0.25, -0.2) is 4.98 Å². The van der Waals surface area contributed by atoms with Gasteiger partial charge in [0.25, 0.3) is 5.91 Å². The van der Waals surface area contributed by atoms with Crippen molar-refractivity contribution >= 4 is 17.5 Å². The Morgan fingerprint density at radius 3 is 2.31 bits per heavy atom. The van der Waals surface area contributed by atoms with Gasteiger partial charge in [0, 0.05) is 28.5 Å². The number of ether oxygens (including phenoxy) is 2. The summed E-state index contributed by atoms with van der Waals surface area (Å²) in [5.74, 6) is 1.06. The molecule has 1 aromatic carbocycles. The van der Waals surface area contributed by atoms with Crippen LogP contribution in [0, 0.1) is 22.2 Å². The molecule has 3 rings (SSSR count). The standard InChI is InChI=1S/C22H24ClN3O3/c1-21(2)19(26-18(27)13-6-8-14(28-5)9-7-13)22(3,4)20(21)29-15-10-16(23)17(11-24)25-12-15/h6-10,12,19-20H,1-5H3,(H,26,27). The molecule has 2 aromatic rings. The van der Waals surface area contributed by atoms with Crippen molar-refractivity contribution in [2.75, 3.05) is 7.11 Å². The second kappa shape index (κ2) is 7.57. The number of carbonyl (C=O) groups is 1. The van der Waals surface area contributed by atoms with Gasteiger partial charge in [-0.15, -0.1) is 0 Å². The van der Waals surface area contributed by atoms with E-state index in [0.29, 0.717) is 17.1 Å². The molecule has 7 heteroatoms. The number of aromatic nitrogens is 1. The van der Waals surface area contributed by atoms with E-state index in [0.717, 1.165) is 0 Å². The lowest BCUT2D eigenvalue weighted by Gasteiger charge is -2.63. The first kappa shape index (κ1) is 20.9. The van der Waals surface area contributed by atoms with Gasteiger partial charge in [0.15, 0.2) is 5.69 Å². The molecule has 0 radical (unpaired) electrons. The molecule has 1 aliphatic rings. The number of rotatable bonds is 5. The second-order valence-electron chi connectivity index (χ2n) is 8.39. The highest BCUT2D eigenvalue weighted by Crippen LogP contribution is 2.55. The zero-order valence-electron chi connectivity index (χ0n) is 17.1. The summed E-state index contributed by atoms with van der Waals surface area (Å²) in [6.45, 7) is 8.22. The van der Waals surface area contributed by atoms with Crippen molar-refractivity contribution in [2.45, 2.75) is 39.8 Å². The third-order valence-electron chi connectivity index (χ3n) is 5.64. The predicted molar refractivity (Wildman–Crippen MR) is 110 cm³/mol. The summed E-state index contributed by atoms with van der Waals surface area (Å²) in [6.07, 6.45) is 1.32. The van der Waals surface area contributed by atoms with Crippen LogP contribution in [0.2, 0.25) is 5.02 Å². The minimum Gasteiger partial charge on any atom is -0.497 e. The summed E-state index contributed by atoms with van der Waals surface area (Å²) in [7, 11) is 1.59. The molecule has 0 spiro atoms. The molecular formula is C22H24ClN3O3. The van der Waals surface area contributed by atoms with Crippen molar-refractivity contribution in [2.24, 2.45) is 10.8 Å². The zero-order chi connectivity index (χ0) is 21.4. The van der Waals surface area contributed by atoms with E-state index < -0.39 is 0 Å². The molecule has 6 nitrogen and oxygen atoms in total. The molecule has 1 saturated carbocycles. The van der Waals surface area contributed by atoms with Crippen molar-refractivity contribution in [3.63, 3.8) is 0 Å². The molecule has 1 aromatic heterocycles. The third kappa shape index (κ3) is 3.75. The first-order valence-electron chi connectivity index (χ1n) is 9.28. The fourth-order valence-electron chi connectivity index (χ4n) is 4.46. The number of amides is 1. The molecule has 1 fully saturated rings. The third-order valence-corrected chi connectivity index (χ3v) is 5.93. The van der Waals surface area contributed by atoms with E-state index in [2.05, 4.69) is 38.0 Å². The summed E-state index contributed by atoms with van der Waals surface area (Å²) in [6, 6.07) is 10.4. The number of nitrogens with one attached hydrogen (secondary N) is 1. The number of pyridine rings is 1. The molecule has 0 aliphatic heterocycles. The van der Waals surface area contributed by atoms with E-state index in [1.165, 1.54) is 6.20 Å². The van der Waals surface area contributed by atoms with Gasteiger partial charge in [0.1, 0.15) is 23.7 Å². The Morgan fingerprint density at radius 1 is 1.17 bits per heavy atom. The number of hydrogen-bond acceptors (Lipinski definition) is 5. The summed E-state index contributed by atoms with van der Waals surface area (Å²) >= 11 is 6.07. The smallest absolute Gasteiger partial charge is 0.251 e. The van der Waals surface area contributed by atoms with Gasteiger partial charge in [0.05, 0.1) is 18.3 Å². The number of nitriles is 1. The van der Waals surface area contributed by atoms with Gasteiger partial charge >= 0.3 is 0 Å². The second-order valence-corrected chi connectivity index (χ2v) is 8.80. The average molecular weight is 414 g/mol. The van der Waals surface area contributed by atoms with Crippen molar-refractivity contribution in [1.29, 1.82) is 5.26 Å². The maximum absolute atomic E-state index is 12.8. The maximum atomic E-state index is 12.8. The van der Waals surface area contributed by atoms with Crippen LogP contribution < -0.4 is 14.8 Å². The normalized spacial score (nSPS) is 21.4. The van der Waals surface area contributed by atoms with Gasteiger partial charge in [-0.05, 0) is 24.3 Å². The predicted octanol–water partition coefficient (Wildman–Crippen LogP) is 4.23. The first-order chi connectivity index (χ1) is 13.6. The molecule has 1 aliphatic carbocycles. The van der Waals surface area contributed by atoms with Crippen LogP contribution in [-0.4, -0.2) is 30.1 Å². The SMILES string of the molecule is COc1ccc(C(=O)NC2C(C)(C)C(Oc3cnc(C#N)c(Cl)c3)C2(C)C)cc1. The average Bonchev–Trinajstić information content (AvgIpc) is 2.69. The highest BCUT2D eigenvalue weighted by molar-refractivity contribution is 6.31. The quantitative estimate of drug-likeness (QED) is 0.792. The number of carbonyl (C=O) groups excluding carboxylic acids is 1. The van der Waals surface area contributed by atoms with E-state index in [9.17, 15) is 4.79 Å². The van der Waals surface area contributed by atoms with Crippen LogP contribution >= 0.6 is 11.6 Å². The fraction of sp³-hybridized carbons (Fsp3) is 0.409. The van der Waals surface area contributed by atoms with Gasteiger partial charge < -0.3 is 14.8 Å². The lowest BCUT2D eigenvalue weighted by molar-refractivity contribution is -0.164. The van der Waals surface area contributed by atoms with Gasteiger partial charge in [-0.2, -0.15) is 5.26 Å². The van der Waals surface area contributed by atoms with E-state index in [1.807, 2.05) is 6.07 Å². The molecule has 1 heterocycles. The van der Waals surface area contributed by atoms with Gasteiger partial charge in [-0.3, -0.25) is 4.79 Å².